The van der Waals surface area contributed by atoms with Crippen molar-refractivity contribution in [1.82, 2.24) is 14.7 Å². The highest BCUT2D eigenvalue weighted by Crippen LogP contribution is 2.32. The van der Waals surface area contributed by atoms with Gasteiger partial charge in [-0.1, -0.05) is 0 Å². The Morgan fingerprint density at radius 3 is 2.33 bits per heavy atom. The summed E-state index contributed by atoms with van der Waals surface area (Å²) in [5.41, 5.74) is 5.93. The van der Waals surface area contributed by atoms with Crippen molar-refractivity contribution in [2.24, 2.45) is 0 Å². The van der Waals surface area contributed by atoms with Gasteiger partial charge in [0.25, 0.3) is 0 Å². The van der Waals surface area contributed by atoms with E-state index >= 15 is 0 Å². The second-order valence-corrected chi connectivity index (χ2v) is 6.96. The van der Waals surface area contributed by atoms with Crippen LogP contribution in [0.5, 0.6) is 0 Å². The third kappa shape index (κ3) is 3.68. The molecule has 0 saturated carbocycles. The number of aromatic nitrogens is 2. The molecule has 2 heterocycles. The van der Waals surface area contributed by atoms with Crippen LogP contribution in [0.1, 0.15) is 53.5 Å². The third-order valence-corrected chi connectivity index (χ3v) is 3.78. The van der Waals surface area contributed by atoms with Gasteiger partial charge in [0.05, 0.1) is 17.9 Å². The third-order valence-electron chi connectivity index (χ3n) is 3.78. The van der Waals surface area contributed by atoms with Crippen LogP contribution >= 0.6 is 0 Å². The number of carbonyl (C=O) groups is 1. The normalized spacial score (nSPS) is 26.7. The van der Waals surface area contributed by atoms with E-state index in [0.717, 1.165) is 12.8 Å². The number of nitrogens with zero attached hydrogens (tertiary/aromatic N) is 3. The van der Waals surface area contributed by atoms with E-state index in [1.165, 1.54) is 0 Å². The highest BCUT2D eigenvalue weighted by molar-refractivity contribution is 5.69. The summed E-state index contributed by atoms with van der Waals surface area (Å²) < 4.78 is 7.42. The van der Waals surface area contributed by atoms with Crippen molar-refractivity contribution in [3.05, 3.63) is 12.4 Å². The topological polar surface area (TPSA) is 73.4 Å². The Hall–Kier alpha value is -1.72. The molecule has 0 radical (unpaired) electrons. The number of rotatable bonds is 1. The quantitative estimate of drug-likeness (QED) is 0.864. The van der Waals surface area contributed by atoms with Crippen LogP contribution in [0.15, 0.2) is 12.4 Å². The molecule has 1 saturated heterocycles. The Balaban J connectivity index is 2.07. The SMILES string of the molecule is CC1CC(n2cc(N)cn2)CC(C)N1C(=O)OC(C)(C)C. The highest BCUT2D eigenvalue weighted by atomic mass is 16.6. The van der Waals surface area contributed by atoms with Crippen LogP contribution in [0.2, 0.25) is 0 Å². The van der Waals surface area contributed by atoms with E-state index < -0.39 is 5.60 Å². The van der Waals surface area contributed by atoms with Crippen molar-refractivity contribution >= 4 is 11.8 Å². The van der Waals surface area contributed by atoms with Crippen molar-refractivity contribution < 1.29 is 9.53 Å². The van der Waals surface area contributed by atoms with Crippen LogP contribution in [0, 0.1) is 0 Å². The number of ether oxygens (including phenoxy) is 1. The molecule has 0 aliphatic carbocycles. The maximum Gasteiger partial charge on any atom is 0.410 e. The van der Waals surface area contributed by atoms with E-state index in [2.05, 4.69) is 18.9 Å². The van der Waals surface area contributed by atoms with Gasteiger partial charge in [0.1, 0.15) is 5.60 Å². The fourth-order valence-corrected chi connectivity index (χ4v) is 2.99. The van der Waals surface area contributed by atoms with Crippen LogP contribution < -0.4 is 5.73 Å². The Morgan fingerprint density at radius 1 is 1.33 bits per heavy atom. The fourth-order valence-electron chi connectivity index (χ4n) is 2.99. The minimum Gasteiger partial charge on any atom is -0.444 e. The van der Waals surface area contributed by atoms with Crippen molar-refractivity contribution in [2.75, 3.05) is 5.73 Å². The zero-order chi connectivity index (χ0) is 15.8. The first-order chi connectivity index (χ1) is 9.67. The van der Waals surface area contributed by atoms with Gasteiger partial charge >= 0.3 is 6.09 Å². The average molecular weight is 294 g/mol. The first-order valence-corrected chi connectivity index (χ1v) is 7.48. The summed E-state index contributed by atoms with van der Waals surface area (Å²) in [5, 5.41) is 4.29. The number of likely N-dealkylation sites (tertiary alicyclic amines) is 1. The molecular weight excluding hydrogens is 268 g/mol. The first kappa shape index (κ1) is 15.7. The predicted molar refractivity (Wildman–Crippen MR) is 81.9 cm³/mol. The molecule has 2 rings (SSSR count). The summed E-state index contributed by atoms with van der Waals surface area (Å²) >= 11 is 0. The number of anilines is 1. The molecule has 1 amide bonds. The van der Waals surface area contributed by atoms with Gasteiger partial charge in [-0.05, 0) is 47.5 Å². The van der Waals surface area contributed by atoms with Gasteiger partial charge in [-0.15, -0.1) is 0 Å². The molecule has 2 atom stereocenters. The van der Waals surface area contributed by atoms with E-state index in [4.69, 9.17) is 10.5 Å². The van der Waals surface area contributed by atoms with Gasteiger partial charge in [-0.3, -0.25) is 4.68 Å². The van der Waals surface area contributed by atoms with Crippen LogP contribution in [0.4, 0.5) is 10.5 Å². The molecule has 1 fully saturated rings. The molecule has 1 aromatic heterocycles. The van der Waals surface area contributed by atoms with Gasteiger partial charge in [-0.25, -0.2) is 4.79 Å². The Kier molecular flexibility index (Phi) is 4.16. The van der Waals surface area contributed by atoms with Crippen LogP contribution in [-0.2, 0) is 4.74 Å². The largest absolute Gasteiger partial charge is 0.444 e. The molecule has 1 aliphatic rings. The van der Waals surface area contributed by atoms with Crippen molar-refractivity contribution in [3.8, 4) is 0 Å². The van der Waals surface area contributed by atoms with E-state index in [1.807, 2.05) is 36.5 Å². The van der Waals surface area contributed by atoms with Crippen LogP contribution in [0.25, 0.3) is 0 Å². The lowest BCUT2D eigenvalue weighted by molar-refractivity contribution is -0.00691. The van der Waals surface area contributed by atoms with Gasteiger partial charge < -0.3 is 15.4 Å². The fraction of sp³-hybridized carbons (Fsp3) is 0.733. The summed E-state index contributed by atoms with van der Waals surface area (Å²) in [7, 11) is 0. The molecule has 0 spiro atoms. The lowest BCUT2D eigenvalue weighted by Crippen LogP contribution is -2.51. The summed E-state index contributed by atoms with van der Waals surface area (Å²) in [5.74, 6) is 0. The number of hydrogen-bond acceptors (Lipinski definition) is 4. The maximum absolute atomic E-state index is 12.3. The van der Waals surface area contributed by atoms with Crippen molar-refractivity contribution in [2.45, 2.75) is 71.2 Å². The second-order valence-electron chi connectivity index (χ2n) is 6.96. The number of amides is 1. The number of nitrogens with two attached hydrogens (primary N) is 1. The summed E-state index contributed by atoms with van der Waals surface area (Å²) in [6.45, 7) is 9.78. The molecule has 0 aromatic carbocycles. The first-order valence-electron chi connectivity index (χ1n) is 7.48. The molecule has 6 nitrogen and oxygen atoms in total. The Morgan fingerprint density at radius 2 is 1.90 bits per heavy atom. The molecule has 1 aromatic rings. The minimum absolute atomic E-state index is 0.110. The number of nitrogen functional groups attached to an aromatic ring is 1. The number of hydrogen-bond donors (Lipinski definition) is 1. The lowest BCUT2D eigenvalue weighted by atomic mass is 9.93. The molecule has 6 heteroatoms. The molecule has 2 N–H and O–H groups in total. The Bertz CT molecular complexity index is 494. The number of piperidine rings is 1. The summed E-state index contributed by atoms with van der Waals surface area (Å²) in [4.78, 5) is 14.2. The van der Waals surface area contributed by atoms with E-state index in [0.29, 0.717) is 5.69 Å². The van der Waals surface area contributed by atoms with E-state index in [1.54, 1.807) is 6.20 Å². The van der Waals surface area contributed by atoms with E-state index in [-0.39, 0.29) is 24.2 Å². The molecular formula is C15H26N4O2. The molecule has 21 heavy (non-hydrogen) atoms. The van der Waals surface area contributed by atoms with Gasteiger partial charge in [0.15, 0.2) is 0 Å². The van der Waals surface area contributed by atoms with Gasteiger partial charge in [0, 0.05) is 18.3 Å². The summed E-state index contributed by atoms with van der Waals surface area (Å²) in [6.07, 6.45) is 4.99. The monoisotopic (exact) mass is 294 g/mol. The van der Waals surface area contributed by atoms with Crippen LogP contribution in [0.3, 0.4) is 0 Å². The van der Waals surface area contributed by atoms with E-state index in [9.17, 15) is 4.79 Å². The van der Waals surface area contributed by atoms with Crippen LogP contribution in [-0.4, -0.2) is 38.5 Å². The smallest absolute Gasteiger partial charge is 0.410 e. The van der Waals surface area contributed by atoms with Crippen molar-refractivity contribution in [3.63, 3.8) is 0 Å². The Labute approximate surface area is 126 Å². The standard InChI is InChI=1S/C15H26N4O2/c1-10-6-13(18-9-12(16)8-17-18)7-11(2)19(10)14(20)21-15(3,4)5/h8-11,13H,6-7,16H2,1-5H3. The zero-order valence-electron chi connectivity index (χ0n) is 13.5. The predicted octanol–water partition coefficient (Wildman–Crippen LogP) is 2.81. The molecule has 118 valence electrons. The zero-order valence-corrected chi connectivity index (χ0v) is 13.5. The van der Waals surface area contributed by atoms with Gasteiger partial charge in [0.2, 0.25) is 0 Å². The van der Waals surface area contributed by atoms with Gasteiger partial charge in [-0.2, -0.15) is 5.10 Å². The second kappa shape index (κ2) is 5.58. The van der Waals surface area contributed by atoms with Crippen molar-refractivity contribution in [1.29, 1.82) is 0 Å². The highest BCUT2D eigenvalue weighted by Gasteiger charge is 2.37. The summed E-state index contributed by atoms with van der Waals surface area (Å²) in [6, 6.07) is 0.490. The average Bonchev–Trinajstić information content (AvgIpc) is 2.72. The maximum atomic E-state index is 12.3. The lowest BCUT2D eigenvalue weighted by Gasteiger charge is -2.42. The molecule has 1 aliphatic heterocycles. The number of carbonyl (C=O) groups excluding carboxylic acids is 1. The molecule has 2 unspecified atom stereocenters. The molecule has 0 bridgehead atoms. The minimum atomic E-state index is -0.468.